The Morgan fingerprint density at radius 3 is 2.53 bits per heavy atom. The molecular formula is C14H20O2S. The van der Waals surface area contributed by atoms with Crippen LogP contribution >= 0.6 is 11.8 Å². The second-order valence-corrected chi connectivity index (χ2v) is 5.69. The molecule has 0 aliphatic rings. The molecule has 1 aromatic rings. The van der Waals surface area contributed by atoms with Crippen LogP contribution < -0.4 is 0 Å². The molecule has 17 heavy (non-hydrogen) atoms. The van der Waals surface area contributed by atoms with Gasteiger partial charge in [-0.15, -0.1) is 0 Å². The van der Waals surface area contributed by atoms with Crippen LogP contribution in [0.2, 0.25) is 0 Å². The monoisotopic (exact) mass is 252 g/mol. The van der Waals surface area contributed by atoms with Gasteiger partial charge in [-0.1, -0.05) is 37.3 Å². The van der Waals surface area contributed by atoms with E-state index in [1.807, 2.05) is 37.3 Å². The Labute approximate surface area is 107 Å². The maximum Gasteiger partial charge on any atom is 0.162 e. The maximum atomic E-state index is 11.8. The molecule has 0 amide bonds. The van der Waals surface area contributed by atoms with Crippen LogP contribution in [0.5, 0.6) is 0 Å². The largest absolute Gasteiger partial charge is 0.392 e. The lowest BCUT2D eigenvalue weighted by Gasteiger charge is -2.13. The number of carbonyl (C=O) groups is 1. The van der Waals surface area contributed by atoms with Crippen molar-refractivity contribution in [1.29, 1.82) is 0 Å². The van der Waals surface area contributed by atoms with Crippen LogP contribution in [0, 0.1) is 0 Å². The van der Waals surface area contributed by atoms with Crippen molar-refractivity contribution in [1.82, 2.24) is 0 Å². The Morgan fingerprint density at radius 1 is 1.29 bits per heavy atom. The number of thioether (sulfide) groups is 1. The van der Waals surface area contributed by atoms with Crippen LogP contribution in [0.15, 0.2) is 30.3 Å². The Bertz CT molecular complexity index is 335. The van der Waals surface area contributed by atoms with Crippen molar-refractivity contribution < 1.29 is 9.90 Å². The molecule has 1 N–H and O–H groups in total. The van der Waals surface area contributed by atoms with Crippen LogP contribution in [0.1, 0.15) is 37.0 Å². The maximum absolute atomic E-state index is 11.8. The van der Waals surface area contributed by atoms with Crippen molar-refractivity contribution in [2.24, 2.45) is 0 Å². The molecule has 0 aliphatic carbocycles. The molecule has 94 valence electrons. The first kappa shape index (κ1) is 14.3. The second-order valence-electron chi connectivity index (χ2n) is 4.21. The minimum atomic E-state index is -0.287. The SMILES string of the molecule is CC(O)C(C)SCCCC(=O)c1ccccc1. The van der Waals surface area contributed by atoms with E-state index in [9.17, 15) is 9.90 Å². The van der Waals surface area contributed by atoms with Crippen molar-refractivity contribution in [2.75, 3.05) is 5.75 Å². The Balaban J connectivity index is 2.22. The molecule has 0 aliphatic heterocycles. The zero-order chi connectivity index (χ0) is 12.7. The van der Waals surface area contributed by atoms with Gasteiger partial charge in [0, 0.05) is 17.2 Å². The first-order valence-corrected chi connectivity index (χ1v) is 7.04. The number of hydrogen-bond donors (Lipinski definition) is 1. The fourth-order valence-corrected chi connectivity index (χ4v) is 2.37. The van der Waals surface area contributed by atoms with Gasteiger partial charge >= 0.3 is 0 Å². The summed E-state index contributed by atoms with van der Waals surface area (Å²) in [5.41, 5.74) is 0.793. The topological polar surface area (TPSA) is 37.3 Å². The number of ketones is 1. The summed E-state index contributed by atoms with van der Waals surface area (Å²) in [6, 6.07) is 9.40. The van der Waals surface area contributed by atoms with E-state index in [1.165, 1.54) is 0 Å². The smallest absolute Gasteiger partial charge is 0.162 e. The van der Waals surface area contributed by atoms with Crippen LogP contribution in [0.25, 0.3) is 0 Å². The number of rotatable bonds is 7. The first-order valence-electron chi connectivity index (χ1n) is 5.99. The molecule has 0 spiro atoms. The molecule has 2 nitrogen and oxygen atoms in total. The minimum absolute atomic E-state index is 0.205. The van der Waals surface area contributed by atoms with Crippen LogP contribution in [-0.4, -0.2) is 28.0 Å². The molecule has 2 atom stereocenters. The number of benzene rings is 1. The van der Waals surface area contributed by atoms with E-state index in [0.717, 1.165) is 17.7 Å². The summed E-state index contributed by atoms with van der Waals surface area (Å²) in [6.45, 7) is 3.81. The molecule has 0 heterocycles. The lowest BCUT2D eigenvalue weighted by atomic mass is 10.1. The Hall–Kier alpha value is -0.800. The van der Waals surface area contributed by atoms with Crippen molar-refractivity contribution >= 4 is 17.5 Å². The van der Waals surface area contributed by atoms with Gasteiger partial charge in [0.05, 0.1) is 6.10 Å². The molecule has 0 fully saturated rings. The van der Waals surface area contributed by atoms with Crippen molar-refractivity contribution in [3.63, 3.8) is 0 Å². The number of aliphatic hydroxyl groups is 1. The third-order valence-electron chi connectivity index (χ3n) is 2.70. The van der Waals surface area contributed by atoms with Crippen LogP contribution in [-0.2, 0) is 0 Å². The molecule has 1 rings (SSSR count). The van der Waals surface area contributed by atoms with Crippen LogP contribution in [0.4, 0.5) is 0 Å². The lowest BCUT2D eigenvalue weighted by molar-refractivity contribution is 0.0982. The zero-order valence-electron chi connectivity index (χ0n) is 10.4. The summed E-state index contributed by atoms with van der Waals surface area (Å²) in [4.78, 5) is 11.8. The average Bonchev–Trinajstić information content (AvgIpc) is 2.35. The number of aliphatic hydroxyl groups excluding tert-OH is 1. The quantitative estimate of drug-likeness (QED) is 0.598. The van der Waals surface area contributed by atoms with E-state index >= 15 is 0 Å². The van der Waals surface area contributed by atoms with Crippen molar-refractivity contribution in [3.05, 3.63) is 35.9 Å². The van der Waals surface area contributed by atoms with E-state index in [1.54, 1.807) is 18.7 Å². The standard InChI is InChI=1S/C14H20O2S/c1-11(15)12(2)17-10-6-9-14(16)13-7-4-3-5-8-13/h3-5,7-8,11-12,15H,6,9-10H2,1-2H3. The van der Waals surface area contributed by atoms with Gasteiger partial charge in [0.25, 0.3) is 0 Å². The van der Waals surface area contributed by atoms with Crippen molar-refractivity contribution in [3.8, 4) is 0 Å². The highest BCUT2D eigenvalue weighted by atomic mass is 32.2. The van der Waals surface area contributed by atoms with E-state index in [-0.39, 0.29) is 17.1 Å². The van der Waals surface area contributed by atoms with Gasteiger partial charge in [0.1, 0.15) is 0 Å². The van der Waals surface area contributed by atoms with E-state index < -0.39 is 0 Å². The lowest BCUT2D eigenvalue weighted by Crippen LogP contribution is -2.15. The van der Waals surface area contributed by atoms with Gasteiger partial charge in [0.2, 0.25) is 0 Å². The molecule has 0 bridgehead atoms. The fourth-order valence-electron chi connectivity index (χ4n) is 1.41. The predicted molar refractivity (Wildman–Crippen MR) is 73.6 cm³/mol. The molecule has 0 radical (unpaired) electrons. The summed E-state index contributed by atoms with van der Waals surface area (Å²) in [5.74, 6) is 1.13. The Morgan fingerprint density at radius 2 is 1.94 bits per heavy atom. The number of Topliss-reactive ketones (excluding diaryl/α,β-unsaturated/α-hetero) is 1. The molecule has 1 aromatic carbocycles. The minimum Gasteiger partial charge on any atom is -0.392 e. The normalized spacial score (nSPS) is 14.3. The summed E-state index contributed by atoms with van der Waals surface area (Å²) in [6.07, 6.45) is 1.17. The highest BCUT2D eigenvalue weighted by Gasteiger charge is 2.09. The highest BCUT2D eigenvalue weighted by Crippen LogP contribution is 2.16. The van der Waals surface area contributed by atoms with Gasteiger partial charge in [0.15, 0.2) is 5.78 Å². The zero-order valence-corrected chi connectivity index (χ0v) is 11.2. The van der Waals surface area contributed by atoms with Gasteiger partial charge in [-0.2, -0.15) is 11.8 Å². The highest BCUT2D eigenvalue weighted by molar-refractivity contribution is 7.99. The third kappa shape index (κ3) is 5.37. The summed E-state index contributed by atoms with van der Waals surface area (Å²) >= 11 is 1.72. The summed E-state index contributed by atoms with van der Waals surface area (Å²) in [5, 5.41) is 9.56. The second kappa shape index (κ2) is 7.51. The molecule has 3 heteroatoms. The van der Waals surface area contributed by atoms with E-state index in [4.69, 9.17) is 0 Å². The molecule has 0 saturated carbocycles. The van der Waals surface area contributed by atoms with E-state index in [0.29, 0.717) is 6.42 Å². The first-order chi connectivity index (χ1) is 8.11. The Kier molecular flexibility index (Phi) is 6.30. The third-order valence-corrected chi connectivity index (χ3v) is 4.15. The van der Waals surface area contributed by atoms with Gasteiger partial charge < -0.3 is 5.11 Å². The molecule has 0 aromatic heterocycles. The predicted octanol–water partition coefficient (Wildman–Crippen LogP) is 3.15. The molecular weight excluding hydrogens is 232 g/mol. The fraction of sp³-hybridized carbons (Fsp3) is 0.500. The average molecular weight is 252 g/mol. The number of carbonyl (C=O) groups excluding carboxylic acids is 1. The summed E-state index contributed by atoms with van der Waals surface area (Å²) < 4.78 is 0. The van der Waals surface area contributed by atoms with Gasteiger partial charge in [-0.25, -0.2) is 0 Å². The van der Waals surface area contributed by atoms with Gasteiger partial charge in [-0.3, -0.25) is 4.79 Å². The molecule has 0 saturated heterocycles. The van der Waals surface area contributed by atoms with Crippen LogP contribution in [0.3, 0.4) is 0 Å². The summed E-state index contributed by atoms with van der Waals surface area (Å²) in [7, 11) is 0. The van der Waals surface area contributed by atoms with E-state index in [2.05, 4.69) is 0 Å². The molecule has 2 unspecified atom stereocenters. The number of hydrogen-bond acceptors (Lipinski definition) is 3. The van der Waals surface area contributed by atoms with Gasteiger partial charge in [-0.05, 0) is 19.1 Å². The van der Waals surface area contributed by atoms with Crippen molar-refractivity contribution in [2.45, 2.75) is 38.0 Å².